The van der Waals surface area contributed by atoms with Crippen LogP contribution in [0.3, 0.4) is 0 Å². The predicted molar refractivity (Wildman–Crippen MR) is 204 cm³/mol. The van der Waals surface area contributed by atoms with Crippen molar-refractivity contribution in [2.24, 2.45) is 0 Å². The highest BCUT2D eigenvalue weighted by Gasteiger charge is 2.49. The second kappa shape index (κ2) is 9.66. The lowest BCUT2D eigenvalue weighted by atomic mass is 9.60. The molecule has 0 bridgehead atoms. The van der Waals surface area contributed by atoms with E-state index in [1.54, 1.807) is 6.07 Å². The number of nitrogens with zero attached hydrogens (tertiary/aromatic N) is 6. The van der Waals surface area contributed by atoms with Crippen molar-refractivity contribution in [2.75, 3.05) is 0 Å². The van der Waals surface area contributed by atoms with E-state index < -0.39 is 0 Å². The van der Waals surface area contributed by atoms with E-state index in [1.165, 1.54) is 11.1 Å². The quantitative estimate of drug-likeness (QED) is 0.189. The molecule has 1 aliphatic heterocycles. The normalized spacial score (nSPS) is 15.4. The van der Waals surface area contributed by atoms with Crippen LogP contribution < -0.4 is 4.74 Å². The Morgan fingerprint density at radius 2 is 1.51 bits per heavy atom. The van der Waals surface area contributed by atoms with Gasteiger partial charge in [-0.1, -0.05) is 90.9 Å². The van der Waals surface area contributed by atoms with Gasteiger partial charge in [0.1, 0.15) is 17.3 Å². The van der Waals surface area contributed by atoms with Crippen LogP contribution in [0.5, 0.6) is 17.4 Å². The third kappa shape index (κ3) is 3.82. The maximum absolute atomic E-state index is 11.3. The van der Waals surface area contributed by atoms with Crippen LogP contribution in [0.1, 0.15) is 65.3 Å². The van der Waals surface area contributed by atoms with E-state index in [0.717, 1.165) is 61.0 Å². The molecule has 51 heavy (non-hydrogen) atoms. The highest BCUT2D eigenvalue weighted by molar-refractivity contribution is 6.15. The van der Waals surface area contributed by atoms with Gasteiger partial charge in [-0.3, -0.25) is 13.4 Å². The minimum atomic E-state index is -0.387. The van der Waals surface area contributed by atoms with E-state index in [1.807, 2.05) is 36.5 Å². The van der Waals surface area contributed by atoms with Crippen LogP contribution in [-0.4, -0.2) is 33.4 Å². The van der Waals surface area contributed by atoms with Gasteiger partial charge in [0.25, 0.3) is 0 Å². The average Bonchev–Trinajstić information content (AvgIpc) is 3.76. The Morgan fingerprint density at radius 1 is 0.725 bits per heavy atom. The van der Waals surface area contributed by atoms with Gasteiger partial charge in [0.15, 0.2) is 5.65 Å². The zero-order chi connectivity index (χ0) is 35.2. The number of phenolic OH excluding ortho intramolecular Hbond substituents is 1. The zero-order valence-electron chi connectivity index (χ0n) is 29.8. The summed E-state index contributed by atoms with van der Waals surface area (Å²) < 4.78 is 13.5. The van der Waals surface area contributed by atoms with Crippen molar-refractivity contribution in [2.45, 2.75) is 64.7 Å². The third-order valence-electron chi connectivity index (χ3n) is 11.7. The van der Waals surface area contributed by atoms with Crippen molar-refractivity contribution in [3.63, 3.8) is 0 Å². The van der Waals surface area contributed by atoms with Crippen LogP contribution in [0.25, 0.3) is 61.0 Å². The molecule has 0 amide bonds. The molecular formula is C43H38N6O2. The summed E-state index contributed by atoms with van der Waals surface area (Å²) in [6.07, 6.45) is 1.88. The maximum atomic E-state index is 11.3. The zero-order valence-corrected chi connectivity index (χ0v) is 29.8. The predicted octanol–water partition coefficient (Wildman–Crippen LogP) is 10.1. The molecule has 8 nitrogen and oxygen atoms in total. The number of imidazole rings is 3. The van der Waals surface area contributed by atoms with Gasteiger partial charge in [0.2, 0.25) is 11.7 Å². The van der Waals surface area contributed by atoms with Crippen LogP contribution in [0, 0.1) is 0 Å². The maximum Gasteiger partial charge on any atom is 0.242 e. The summed E-state index contributed by atoms with van der Waals surface area (Å²) in [4.78, 5) is 15.2. The molecule has 0 spiro atoms. The van der Waals surface area contributed by atoms with Crippen molar-refractivity contribution in [3.05, 3.63) is 114 Å². The van der Waals surface area contributed by atoms with Gasteiger partial charge in [-0.05, 0) is 64.4 Å². The molecule has 0 saturated carbocycles. The molecule has 8 heteroatoms. The van der Waals surface area contributed by atoms with Crippen LogP contribution in [0.4, 0.5) is 0 Å². The molecule has 9 aromatic rings. The summed E-state index contributed by atoms with van der Waals surface area (Å²) >= 11 is 0. The van der Waals surface area contributed by atoms with Crippen LogP contribution in [0.15, 0.2) is 97.2 Å². The summed E-state index contributed by atoms with van der Waals surface area (Å²) in [5, 5.41) is 14.0. The molecule has 0 radical (unpaired) electrons. The van der Waals surface area contributed by atoms with Gasteiger partial charge in [0.05, 0.1) is 38.7 Å². The van der Waals surface area contributed by atoms with Crippen molar-refractivity contribution >= 4 is 55.2 Å². The summed E-state index contributed by atoms with van der Waals surface area (Å²) in [6, 6.07) is 30.8. The summed E-state index contributed by atoms with van der Waals surface area (Å²) in [6.45, 7) is 15.8. The first-order valence-electron chi connectivity index (χ1n) is 17.5. The molecule has 0 atom stereocenters. The van der Waals surface area contributed by atoms with Crippen LogP contribution in [0.2, 0.25) is 0 Å². The van der Waals surface area contributed by atoms with Gasteiger partial charge in [-0.2, -0.15) is 4.98 Å². The minimum Gasteiger partial charge on any atom is -0.507 e. The minimum absolute atomic E-state index is 0.0565. The van der Waals surface area contributed by atoms with Crippen molar-refractivity contribution in [1.82, 2.24) is 28.3 Å². The Kier molecular flexibility index (Phi) is 5.68. The van der Waals surface area contributed by atoms with E-state index >= 15 is 0 Å². The molecule has 10 rings (SSSR count). The van der Waals surface area contributed by atoms with E-state index in [2.05, 4.69) is 116 Å². The lowest BCUT2D eigenvalue weighted by molar-refractivity contribution is 0.279. The smallest absolute Gasteiger partial charge is 0.242 e. The van der Waals surface area contributed by atoms with E-state index in [-0.39, 0.29) is 22.0 Å². The number of hydrogen-bond donors (Lipinski definition) is 1. The first-order valence-corrected chi connectivity index (χ1v) is 17.5. The monoisotopic (exact) mass is 670 g/mol. The standard InChI is InChI=1S/C43H38N6O2/c1-41(2,3)24-20-21-44-34(22-24)48-32-23-25(18-19-31(32)47-30-16-9-8-15-29(30)45-40(47)48)51-39-37-43(6,7)42(4,5)28-14-10-13-27-26-12-11-17-33(50)35(26)38(46-39)49(37)36(27)28/h8-23,50H,1-7H3. The van der Waals surface area contributed by atoms with Gasteiger partial charge < -0.3 is 9.84 Å². The van der Waals surface area contributed by atoms with Crippen LogP contribution in [-0.2, 0) is 16.2 Å². The number of aromatic nitrogens is 6. The van der Waals surface area contributed by atoms with Crippen molar-refractivity contribution in [1.29, 1.82) is 0 Å². The summed E-state index contributed by atoms with van der Waals surface area (Å²) in [5.74, 6) is 2.96. The Balaban J connectivity index is 1.25. The highest BCUT2D eigenvalue weighted by Crippen LogP contribution is 2.54. The lowest BCUT2D eigenvalue weighted by Gasteiger charge is -2.45. The van der Waals surface area contributed by atoms with Gasteiger partial charge in [-0.25, -0.2) is 9.97 Å². The van der Waals surface area contributed by atoms with Gasteiger partial charge in [0, 0.05) is 28.5 Å². The fourth-order valence-electron chi connectivity index (χ4n) is 8.33. The summed E-state index contributed by atoms with van der Waals surface area (Å²) in [7, 11) is 0. The second-order valence-corrected chi connectivity index (χ2v) is 16.1. The molecule has 252 valence electrons. The molecule has 0 fully saturated rings. The fraction of sp³-hybridized carbons (Fsp3) is 0.233. The Labute approximate surface area is 294 Å². The number of para-hydroxylation sites is 3. The van der Waals surface area contributed by atoms with E-state index in [4.69, 9.17) is 19.7 Å². The number of rotatable bonds is 3. The van der Waals surface area contributed by atoms with Crippen LogP contribution >= 0.6 is 0 Å². The number of benzene rings is 4. The third-order valence-corrected chi connectivity index (χ3v) is 11.7. The number of aromatic hydroxyl groups is 1. The fourth-order valence-corrected chi connectivity index (χ4v) is 8.33. The Hall–Kier alpha value is -5.89. The SMILES string of the molecule is CC(C)(C)c1ccnc(-n2c3cc(Oc4nc5c6c(O)cccc6c6cccc7c6n5c4C(C)(C)C7(C)C)ccc3n3c4ccccc4nc23)c1. The average molecular weight is 671 g/mol. The number of phenols is 1. The topological polar surface area (TPSA) is 81.9 Å². The first kappa shape index (κ1) is 30.0. The number of fused-ring (bicyclic) bond motifs is 8. The Bertz CT molecular complexity index is 2950. The van der Waals surface area contributed by atoms with E-state index in [0.29, 0.717) is 17.3 Å². The largest absolute Gasteiger partial charge is 0.507 e. The highest BCUT2D eigenvalue weighted by atomic mass is 16.5. The van der Waals surface area contributed by atoms with Crippen molar-refractivity contribution < 1.29 is 9.84 Å². The molecule has 0 saturated heterocycles. The molecule has 4 aromatic carbocycles. The molecule has 0 unspecified atom stereocenters. The number of ether oxygens (including phenoxy) is 1. The second-order valence-electron chi connectivity index (χ2n) is 16.1. The molecular weight excluding hydrogens is 633 g/mol. The molecule has 1 aliphatic rings. The molecule has 5 aromatic heterocycles. The van der Waals surface area contributed by atoms with Gasteiger partial charge in [-0.15, -0.1) is 0 Å². The number of hydrogen-bond acceptors (Lipinski definition) is 5. The molecule has 6 heterocycles. The lowest BCUT2D eigenvalue weighted by Crippen LogP contribution is -2.44. The summed E-state index contributed by atoms with van der Waals surface area (Å²) in [5.41, 5.74) is 8.38. The molecule has 1 N–H and O–H groups in total. The Morgan fingerprint density at radius 3 is 2.33 bits per heavy atom. The van der Waals surface area contributed by atoms with Crippen molar-refractivity contribution in [3.8, 4) is 23.2 Å². The first-order chi connectivity index (χ1) is 24.4. The van der Waals surface area contributed by atoms with Gasteiger partial charge >= 0.3 is 0 Å². The number of pyridine rings is 2. The van der Waals surface area contributed by atoms with E-state index in [9.17, 15) is 5.11 Å². The molecule has 0 aliphatic carbocycles.